The Bertz CT molecular complexity index is 650. The zero-order valence-corrected chi connectivity index (χ0v) is 14.6. The van der Waals surface area contributed by atoms with Gasteiger partial charge in [0.25, 0.3) is 0 Å². The molecule has 0 atom stereocenters. The second kappa shape index (κ2) is 8.87. The molecule has 0 fully saturated rings. The molecule has 0 saturated heterocycles. The Balaban J connectivity index is 1.89. The van der Waals surface area contributed by atoms with Crippen molar-refractivity contribution in [2.24, 2.45) is 0 Å². The van der Waals surface area contributed by atoms with Crippen LogP contribution in [0.15, 0.2) is 36.4 Å². The highest BCUT2D eigenvalue weighted by molar-refractivity contribution is 6.34. The summed E-state index contributed by atoms with van der Waals surface area (Å²) in [5.74, 6) is 1.91. The summed E-state index contributed by atoms with van der Waals surface area (Å²) in [5, 5.41) is 4.19. The lowest BCUT2D eigenvalue weighted by molar-refractivity contribution is 0.211. The maximum absolute atomic E-state index is 6.04. The molecule has 0 heterocycles. The lowest BCUT2D eigenvalue weighted by Crippen LogP contribution is -2.10. The molecule has 0 aliphatic rings. The molecule has 2 aromatic carbocycles. The number of nitrogens with one attached hydrogen (secondary N) is 1. The van der Waals surface area contributed by atoms with E-state index in [1.807, 2.05) is 25.2 Å². The van der Waals surface area contributed by atoms with Gasteiger partial charge in [-0.25, -0.2) is 0 Å². The van der Waals surface area contributed by atoms with E-state index in [1.165, 1.54) is 0 Å². The molecule has 1 N–H and O–H groups in total. The van der Waals surface area contributed by atoms with Crippen LogP contribution < -0.4 is 19.5 Å². The van der Waals surface area contributed by atoms with Crippen LogP contribution in [0.1, 0.15) is 5.56 Å². The molecule has 2 aromatic rings. The molecule has 124 valence electrons. The number of halogens is 2. The van der Waals surface area contributed by atoms with Crippen LogP contribution in [0, 0.1) is 0 Å². The fourth-order valence-electron chi connectivity index (χ4n) is 2.04. The Morgan fingerprint density at radius 1 is 0.913 bits per heavy atom. The van der Waals surface area contributed by atoms with Crippen LogP contribution in [0.25, 0.3) is 0 Å². The highest BCUT2D eigenvalue weighted by Gasteiger charge is 2.07. The van der Waals surface area contributed by atoms with E-state index < -0.39 is 0 Å². The van der Waals surface area contributed by atoms with E-state index in [-0.39, 0.29) is 0 Å². The van der Waals surface area contributed by atoms with E-state index >= 15 is 0 Å². The Morgan fingerprint density at radius 2 is 1.65 bits per heavy atom. The number of methoxy groups -OCH3 is 1. The third-order valence-corrected chi connectivity index (χ3v) is 3.65. The topological polar surface area (TPSA) is 39.7 Å². The normalized spacial score (nSPS) is 10.4. The molecular weight excluding hydrogens is 337 g/mol. The molecule has 0 unspecified atom stereocenters. The van der Waals surface area contributed by atoms with E-state index in [0.29, 0.717) is 40.5 Å². The highest BCUT2D eigenvalue weighted by Crippen LogP contribution is 2.29. The van der Waals surface area contributed by atoms with Crippen molar-refractivity contribution in [1.82, 2.24) is 5.32 Å². The Labute approximate surface area is 146 Å². The Hall–Kier alpha value is -1.62. The van der Waals surface area contributed by atoms with Gasteiger partial charge in [-0.2, -0.15) is 0 Å². The van der Waals surface area contributed by atoms with Crippen molar-refractivity contribution in [3.63, 3.8) is 0 Å². The van der Waals surface area contributed by atoms with Crippen molar-refractivity contribution in [2.45, 2.75) is 6.54 Å². The smallest absolute Gasteiger partial charge is 0.161 e. The van der Waals surface area contributed by atoms with Gasteiger partial charge in [-0.3, -0.25) is 0 Å². The monoisotopic (exact) mass is 355 g/mol. The predicted octanol–water partition coefficient (Wildman–Crippen LogP) is 4.18. The van der Waals surface area contributed by atoms with Crippen LogP contribution in [0.3, 0.4) is 0 Å². The SMILES string of the molecule is CNCc1ccc(OCCOc2cc(Cl)ccc2Cl)c(OC)c1. The summed E-state index contributed by atoms with van der Waals surface area (Å²) in [6, 6.07) is 10.9. The average Bonchev–Trinajstić information content (AvgIpc) is 2.55. The predicted molar refractivity (Wildman–Crippen MR) is 93.2 cm³/mol. The maximum Gasteiger partial charge on any atom is 0.161 e. The average molecular weight is 356 g/mol. The summed E-state index contributed by atoms with van der Waals surface area (Å²) in [6.45, 7) is 1.49. The van der Waals surface area contributed by atoms with Gasteiger partial charge in [0.2, 0.25) is 0 Å². The minimum absolute atomic E-state index is 0.349. The molecule has 0 aromatic heterocycles. The molecule has 23 heavy (non-hydrogen) atoms. The van der Waals surface area contributed by atoms with Crippen molar-refractivity contribution >= 4 is 23.2 Å². The van der Waals surface area contributed by atoms with Gasteiger partial charge in [0.05, 0.1) is 12.1 Å². The molecule has 0 amide bonds. The van der Waals surface area contributed by atoms with E-state index in [1.54, 1.807) is 25.3 Å². The van der Waals surface area contributed by atoms with Crippen LogP contribution in [0.2, 0.25) is 10.0 Å². The quantitative estimate of drug-likeness (QED) is 0.721. The summed E-state index contributed by atoms with van der Waals surface area (Å²) in [7, 11) is 3.52. The van der Waals surface area contributed by atoms with E-state index in [0.717, 1.165) is 12.1 Å². The molecule has 0 aliphatic heterocycles. The molecule has 6 heteroatoms. The number of benzene rings is 2. The van der Waals surface area contributed by atoms with E-state index in [9.17, 15) is 0 Å². The van der Waals surface area contributed by atoms with Crippen LogP contribution in [0.4, 0.5) is 0 Å². The number of hydrogen-bond acceptors (Lipinski definition) is 4. The van der Waals surface area contributed by atoms with Crippen molar-refractivity contribution in [3.8, 4) is 17.2 Å². The third kappa shape index (κ3) is 5.20. The summed E-state index contributed by atoms with van der Waals surface area (Å²) >= 11 is 12.0. The van der Waals surface area contributed by atoms with Gasteiger partial charge in [-0.1, -0.05) is 29.3 Å². The van der Waals surface area contributed by atoms with Gasteiger partial charge >= 0.3 is 0 Å². The minimum Gasteiger partial charge on any atom is -0.493 e. The Kier molecular flexibility index (Phi) is 6.84. The first-order valence-corrected chi connectivity index (χ1v) is 7.92. The molecule has 4 nitrogen and oxygen atoms in total. The molecule has 0 spiro atoms. The van der Waals surface area contributed by atoms with Gasteiger partial charge in [0.15, 0.2) is 11.5 Å². The fraction of sp³-hybridized carbons (Fsp3) is 0.294. The van der Waals surface area contributed by atoms with Gasteiger partial charge in [0.1, 0.15) is 19.0 Å². The Morgan fingerprint density at radius 3 is 2.35 bits per heavy atom. The second-order valence-corrected chi connectivity index (χ2v) is 5.63. The van der Waals surface area contributed by atoms with Gasteiger partial charge in [-0.15, -0.1) is 0 Å². The summed E-state index contributed by atoms with van der Waals surface area (Å²) < 4.78 is 16.6. The lowest BCUT2D eigenvalue weighted by Gasteiger charge is -2.13. The zero-order chi connectivity index (χ0) is 16.7. The van der Waals surface area contributed by atoms with Gasteiger partial charge in [-0.05, 0) is 36.9 Å². The summed E-state index contributed by atoms with van der Waals surface area (Å²) in [6.07, 6.45) is 0. The van der Waals surface area contributed by atoms with Crippen LogP contribution in [-0.2, 0) is 6.54 Å². The van der Waals surface area contributed by atoms with Gasteiger partial charge < -0.3 is 19.5 Å². The standard InChI is InChI=1S/C17H19Cl2NO3/c1-20-11-12-3-6-15(17(9-12)21-2)22-7-8-23-16-10-13(18)4-5-14(16)19/h3-6,9-10,20H,7-8,11H2,1-2H3. The number of rotatable bonds is 8. The highest BCUT2D eigenvalue weighted by atomic mass is 35.5. The first kappa shape index (κ1) is 17.7. The molecule has 0 radical (unpaired) electrons. The largest absolute Gasteiger partial charge is 0.493 e. The first-order chi connectivity index (χ1) is 11.1. The maximum atomic E-state index is 6.04. The van der Waals surface area contributed by atoms with Crippen molar-refractivity contribution < 1.29 is 14.2 Å². The number of ether oxygens (including phenoxy) is 3. The van der Waals surface area contributed by atoms with Crippen molar-refractivity contribution in [3.05, 3.63) is 52.0 Å². The third-order valence-electron chi connectivity index (χ3n) is 3.10. The molecular formula is C17H19Cl2NO3. The van der Waals surface area contributed by atoms with Gasteiger partial charge in [0, 0.05) is 17.6 Å². The molecule has 2 rings (SSSR count). The van der Waals surface area contributed by atoms with Crippen LogP contribution in [0.5, 0.6) is 17.2 Å². The summed E-state index contributed by atoms with van der Waals surface area (Å²) in [5.41, 5.74) is 1.12. The molecule has 0 saturated carbocycles. The van der Waals surface area contributed by atoms with Crippen LogP contribution >= 0.6 is 23.2 Å². The fourth-order valence-corrected chi connectivity index (χ4v) is 2.37. The number of hydrogen-bond donors (Lipinski definition) is 1. The first-order valence-electron chi connectivity index (χ1n) is 7.16. The minimum atomic E-state index is 0.349. The van der Waals surface area contributed by atoms with E-state index in [4.69, 9.17) is 37.4 Å². The van der Waals surface area contributed by atoms with Crippen molar-refractivity contribution in [2.75, 3.05) is 27.4 Å². The summed E-state index contributed by atoms with van der Waals surface area (Å²) in [4.78, 5) is 0. The van der Waals surface area contributed by atoms with E-state index in [2.05, 4.69) is 5.32 Å². The molecule has 0 aliphatic carbocycles. The zero-order valence-electron chi connectivity index (χ0n) is 13.1. The second-order valence-electron chi connectivity index (χ2n) is 4.79. The van der Waals surface area contributed by atoms with Crippen LogP contribution in [-0.4, -0.2) is 27.4 Å². The van der Waals surface area contributed by atoms with Crippen molar-refractivity contribution in [1.29, 1.82) is 0 Å². The molecule has 0 bridgehead atoms. The lowest BCUT2D eigenvalue weighted by atomic mass is 10.2.